The number of fused-ring (bicyclic) bond motifs is 1. The van der Waals surface area contributed by atoms with Crippen molar-refractivity contribution < 1.29 is 17.6 Å². The summed E-state index contributed by atoms with van der Waals surface area (Å²) in [6.45, 7) is 2.18. The van der Waals surface area contributed by atoms with Crippen LogP contribution in [0.3, 0.4) is 0 Å². The molecule has 0 spiro atoms. The summed E-state index contributed by atoms with van der Waals surface area (Å²) in [6.07, 6.45) is 7.25. The summed E-state index contributed by atoms with van der Waals surface area (Å²) in [5.41, 5.74) is 0.824. The highest BCUT2D eigenvalue weighted by atomic mass is 19.1. The summed E-state index contributed by atoms with van der Waals surface area (Å²) in [7, 11) is 0. The van der Waals surface area contributed by atoms with E-state index >= 15 is 8.78 Å². The lowest BCUT2D eigenvalue weighted by Gasteiger charge is -2.30. The third-order valence-electron chi connectivity index (χ3n) is 7.26. The average molecular weight is 430 g/mol. The maximum absolute atomic E-state index is 15.1. The molecule has 31 heavy (non-hydrogen) atoms. The summed E-state index contributed by atoms with van der Waals surface area (Å²) in [6, 6.07) is 5.63. The van der Waals surface area contributed by atoms with Gasteiger partial charge in [0.05, 0.1) is 0 Å². The standard InChI is InChI=1S/C26H27F4N/c1-2-3-15-4-6-16(7-5-15)18-11-23(28)25(24(29)12-18)17-8-9-20-19(10-17)13-22(27)21(14-31)26(20)30/h11-13,15-17H,2-10H2,1H3. The molecule has 2 aromatic rings. The minimum absolute atomic E-state index is 0.0132. The Kier molecular flexibility index (Phi) is 6.36. The summed E-state index contributed by atoms with van der Waals surface area (Å²) in [5, 5.41) is 8.95. The van der Waals surface area contributed by atoms with E-state index in [0.717, 1.165) is 43.2 Å². The van der Waals surface area contributed by atoms with E-state index in [1.165, 1.54) is 25.0 Å². The van der Waals surface area contributed by atoms with Gasteiger partial charge in [0.1, 0.15) is 34.9 Å². The van der Waals surface area contributed by atoms with Gasteiger partial charge < -0.3 is 0 Å². The average Bonchev–Trinajstić information content (AvgIpc) is 2.74. The van der Waals surface area contributed by atoms with Crippen molar-refractivity contribution in [1.82, 2.24) is 0 Å². The van der Waals surface area contributed by atoms with Crippen molar-refractivity contribution in [1.29, 1.82) is 5.26 Å². The van der Waals surface area contributed by atoms with E-state index < -0.39 is 34.8 Å². The zero-order valence-electron chi connectivity index (χ0n) is 17.8. The molecule has 1 saturated carbocycles. The van der Waals surface area contributed by atoms with Gasteiger partial charge in [0.2, 0.25) is 0 Å². The number of benzene rings is 2. The van der Waals surface area contributed by atoms with E-state index in [2.05, 4.69) is 6.92 Å². The monoisotopic (exact) mass is 429 g/mol. The van der Waals surface area contributed by atoms with Gasteiger partial charge >= 0.3 is 0 Å². The fraction of sp³-hybridized carbons (Fsp3) is 0.500. The van der Waals surface area contributed by atoms with Crippen LogP contribution in [0, 0.1) is 40.5 Å². The van der Waals surface area contributed by atoms with Crippen LogP contribution in [0.15, 0.2) is 18.2 Å². The van der Waals surface area contributed by atoms with Crippen LogP contribution in [0.5, 0.6) is 0 Å². The number of hydrogen-bond acceptors (Lipinski definition) is 1. The third-order valence-corrected chi connectivity index (χ3v) is 7.26. The lowest BCUT2D eigenvalue weighted by atomic mass is 9.75. The van der Waals surface area contributed by atoms with E-state index in [1.807, 2.05) is 0 Å². The quantitative estimate of drug-likeness (QED) is 0.463. The molecule has 5 heteroatoms. The Morgan fingerprint density at radius 1 is 0.903 bits per heavy atom. The number of halogens is 4. The zero-order chi connectivity index (χ0) is 22.1. The molecule has 2 aliphatic carbocycles. The fourth-order valence-corrected chi connectivity index (χ4v) is 5.62. The number of hydrogen-bond donors (Lipinski definition) is 0. The minimum Gasteiger partial charge on any atom is -0.207 e. The third kappa shape index (κ3) is 4.22. The Balaban J connectivity index is 1.56. The van der Waals surface area contributed by atoms with Crippen molar-refractivity contribution in [2.24, 2.45) is 5.92 Å². The highest BCUT2D eigenvalue weighted by Crippen LogP contribution is 2.41. The van der Waals surface area contributed by atoms with Gasteiger partial charge in [-0.15, -0.1) is 0 Å². The molecule has 0 bridgehead atoms. The molecular formula is C26H27F4N. The molecule has 0 amide bonds. The molecule has 0 aromatic heterocycles. The molecule has 2 aliphatic rings. The van der Waals surface area contributed by atoms with Crippen molar-refractivity contribution in [3.05, 3.63) is 69.3 Å². The second kappa shape index (κ2) is 9.02. The topological polar surface area (TPSA) is 23.8 Å². The molecule has 0 saturated heterocycles. The summed E-state index contributed by atoms with van der Waals surface area (Å²) < 4.78 is 58.6. The summed E-state index contributed by atoms with van der Waals surface area (Å²) in [4.78, 5) is 0. The van der Waals surface area contributed by atoms with Gasteiger partial charge in [-0.25, -0.2) is 17.6 Å². The van der Waals surface area contributed by atoms with Crippen LogP contribution in [-0.4, -0.2) is 0 Å². The second-order valence-corrected chi connectivity index (χ2v) is 9.14. The van der Waals surface area contributed by atoms with E-state index in [9.17, 15) is 8.78 Å². The molecule has 1 atom stereocenters. The maximum Gasteiger partial charge on any atom is 0.147 e. The van der Waals surface area contributed by atoms with Crippen LogP contribution in [0.1, 0.15) is 91.5 Å². The number of nitriles is 1. The van der Waals surface area contributed by atoms with Crippen LogP contribution >= 0.6 is 0 Å². The van der Waals surface area contributed by atoms with Gasteiger partial charge in [0, 0.05) is 5.56 Å². The Labute approximate surface area is 181 Å². The molecular weight excluding hydrogens is 402 g/mol. The number of rotatable bonds is 4. The maximum atomic E-state index is 15.1. The molecule has 0 heterocycles. The second-order valence-electron chi connectivity index (χ2n) is 9.14. The van der Waals surface area contributed by atoms with Gasteiger partial charge in [-0.2, -0.15) is 5.26 Å². The van der Waals surface area contributed by atoms with E-state index in [1.54, 1.807) is 6.07 Å². The van der Waals surface area contributed by atoms with Gasteiger partial charge in [-0.1, -0.05) is 19.8 Å². The summed E-state index contributed by atoms with van der Waals surface area (Å²) in [5.74, 6) is -2.46. The highest BCUT2D eigenvalue weighted by Gasteiger charge is 2.30. The fourth-order valence-electron chi connectivity index (χ4n) is 5.62. The first-order chi connectivity index (χ1) is 14.9. The van der Waals surface area contributed by atoms with E-state index in [-0.39, 0.29) is 29.9 Å². The lowest BCUT2D eigenvalue weighted by molar-refractivity contribution is 0.307. The Morgan fingerprint density at radius 2 is 1.58 bits per heavy atom. The predicted octanol–water partition coefficient (Wildman–Crippen LogP) is 7.46. The molecule has 1 fully saturated rings. The number of nitrogens with zero attached hydrogens (tertiary/aromatic N) is 1. The Hall–Kier alpha value is -2.35. The predicted molar refractivity (Wildman–Crippen MR) is 112 cm³/mol. The first-order valence-electron chi connectivity index (χ1n) is 11.3. The molecule has 2 aromatic carbocycles. The molecule has 4 rings (SSSR count). The smallest absolute Gasteiger partial charge is 0.147 e. The molecule has 0 aliphatic heterocycles. The van der Waals surface area contributed by atoms with Gasteiger partial charge in [0.15, 0.2) is 0 Å². The molecule has 1 nitrogen and oxygen atoms in total. The summed E-state index contributed by atoms with van der Waals surface area (Å²) >= 11 is 0. The lowest BCUT2D eigenvalue weighted by Crippen LogP contribution is -2.19. The van der Waals surface area contributed by atoms with Crippen molar-refractivity contribution >= 4 is 0 Å². The van der Waals surface area contributed by atoms with Gasteiger partial charge in [-0.05, 0) is 97.6 Å². The Morgan fingerprint density at radius 3 is 2.19 bits per heavy atom. The minimum atomic E-state index is -0.922. The van der Waals surface area contributed by atoms with Crippen LogP contribution in [0.25, 0.3) is 0 Å². The van der Waals surface area contributed by atoms with Crippen LogP contribution in [0.4, 0.5) is 17.6 Å². The van der Waals surface area contributed by atoms with Crippen LogP contribution < -0.4 is 0 Å². The molecule has 0 N–H and O–H groups in total. The van der Waals surface area contributed by atoms with Crippen LogP contribution in [0.2, 0.25) is 0 Å². The van der Waals surface area contributed by atoms with Gasteiger partial charge in [-0.3, -0.25) is 0 Å². The van der Waals surface area contributed by atoms with Crippen LogP contribution in [-0.2, 0) is 12.8 Å². The van der Waals surface area contributed by atoms with Crippen molar-refractivity contribution in [3.63, 3.8) is 0 Å². The largest absolute Gasteiger partial charge is 0.207 e. The normalized spacial score (nSPS) is 23.3. The van der Waals surface area contributed by atoms with Crippen molar-refractivity contribution in [2.45, 2.75) is 76.5 Å². The zero-order valence-corrected chi connectivity index (χ0v) is 17.8. The van der Waals surface area contributed by atoms with Gasteiger partial charge in [0.25, 0.3) is 0 Å². The SMILES string of the molecule is CCCC1CCC(c2cc(F)c(C3CCc4c(cc(F)c(C#N)c4F)C3)c(F)c2)CC1. The molecule has 164 valence electrons. The first-order valence-corrected chi connectivity index (χ1v) is 11.3. The highest BCUT2D eigenvalue weighted by molar-refractivity contribution is 5.44. The van der Waals surface area contributed by atoms with E-state index in [0.29, 0.717) is 12.0 Å². The van der Waals surface area contributed by atoms with E-state index in [4.69, 9.17) is 5.26 Å². The Bertz CT molecular complexity index is 992. The molecule has 0 radical (unpaired) electrons. The first kappa shape index (κ1) is 21.9. The van der Waals surface area contributed by atoms with Crippen molar-refractivity contribution in [3.8, 4) is 6.07 Å². The van der Waals surface area contributed by atoms with Crippen molar-refractivity contribution in [2.75, 3.05) is 0 Å². The molecule has 1 unspecified atom stereocenters.